The molecule has 4 rings (SSSR count). The molecule has 1 amide bonds. The van der Waals surface area contributed by atoms with Crippen LogP contribution in [0.4, 0.5) is 5.69 Å². The first-order chi connectivity index (χ1) is 15.0. The summed E-state index contributed by atoms with van der Waals surface area (Å²) in [4.78, 5) is 26.5. The van der Waals surface area contributed by atoms with Gasteiger partial charge in [0.2, 0.25) is 0 Å². The lowest BCUT2D eigenvalue weighted by Crippen LogP contribution is -2.15. The summed E-state index contributed by atoms with van der Waals surface area (Å²) in [5.74, 6) is 0.823. The second kappa shape index (κ2) is 8.75. The summed E-state index contributed by atoms with van der Waals surface area (Å²) in [6.45, 7) is 3.98. The van der Waals surface area contributed by atoms with E-state index in [9.17, 15) is 4.79 Å². The molecule has 31 heavy (non-hydrogen) atoms. The SMILES string of the molecule is COc1ccc(C)cc1NC(=O)c1cnc(-c2ccc(C)cc2)nc1-c1ccncc1. The van der Waals surface area contributed by atoms with E-state index in [0.717, 1.165) is 22.3 Å². The van der Waals surface area contributed by atoms with Crippen molar-refractivity contribution < 1.29 is 9.53 Å². The number of aromatic nitrogens is 3. The highest BCUT2D eigenvalue weighted by Crippen LogP contribution is 2.28. The van der Waals surface area contributed by atoms with Crippen molar-refractivity contribution in [2.75, 3.05) is 12.4 Å². The Kier molecular flexibility index (Phi) is 5.71. The molecule has 0 bridgehead atoms. The Morgan fingerprint density at radius 3 is 2.32 bits per heavy atom. The third kappa shape index (κ3) is 4.43. The molecule has 2 aromatic heterocycles. The zero-order valence-electron chi connectivity index (χ0n) is 17.6. The Bertz CT molecular complexity index is 1220. The van der Waals surface area contributed by atoms with Crippen molar-refractivity contribution in [3.63, 3.8) is 0 Å². The van der Waals surface area contributed by atoms with Crippen molar-refractivity contribution in [2.24, 2.45) is 0 Å². The molecular formula is C25H22N4O2. The lowest BCUT2D eigenvalue weighted by molar-refractivity contribution is 0.102. The lowest BCUT2D eigenvalue weighted by atomic mass is 10.1. The summed E-state index contributed by atoms with van der Waals surface area (Å²) < 4.78 is 5.38. The maximum atomic E-state index is 13.2. The summed E-state index contributed by atoms with van der Waals surface area (Å²) in [7, 11) is 1.57. The van der Waals surface area contributed by atoms with E-state index in [1.54, 1.807) is 25.7 Å². The van der Waals surface area contributed by atoms with Crippen LogP contribution in [0, 0.1) is 13.8 Å². The molecule has 0 aliphatic rings. The van der Waals surface area contributed by atoms with Gasteiger partial charge in [0.05, 0.1) is 24.1 Å². The van der Waals surface area contributed by atoms with E-state index in [0.29, 0.717) is 28.5 Å². The number of hydrogen-bond acceptors (Lipinski definition) is 5. The predicted molar refractivity (Wildman–Crippen MR) is 121 cm³/mol. The van der Waals surface area contributed by atoms with Gasteiger partial charge in [0, 0.05) is 29.7 Å². The smallest absolute Gasteiger partial charge is 0.259 e. The average molecular weight is 410 g/mol. The lowest BCUT2D eigenvalue weighted by Gasteiger charge is -2.13. The normalized spacial score (nSPS) is 10.5. The van der Waals surface area contributed by atoms with Crippen LogP contribution in [0.15, 0.2) is 73.2 Å². The molecule has 0 aliphatic carbocycles. The van der Waals surface area contributed by atoms with Crippen molar-refractivity contribution in [1.82, 2.24) is 15.0 Å². The van der Waals surface area contributed by atoms with Gasteiger partial charge in [0.1, 0.15) is 5.75 Å². The zero-order chi connectivity index (χ0) is 21.8. The standard InChI is InChI=1S/C25H22N4O2/c1-16-4-7-19(8-5-16)24-27-15-20(23(29-24)18-10-12-26-13-11-18)25(30)28-21-14-17(2)6-9-22(21)31-3/h4-15H,1-3H3,(H,28,30). The number of anilines is 1. The van der Waals surface area contributed by atoms with E-state index in [2.05, 4.69) is 15.3 Å². The molecule has 0 saturated carbocycles. The summed E-state index contributed by atoms with van der Waals surface area (Å²) >= 11 is 0. The van der Waals surface area contributed by atoms with Crippen LogP contribution in [0.2, 0.25) is 0 Å². The highest BCUT2D eigenvalue weighted by atomic mass is 16.5. The van der Waals surface area contributed by atoms with Crippen LogP contribution in [0.5, 0.6) is 5.75 Å². The zero-order valence-corrected chi connectivity index (χ0v) is 17.6. The number of pyridine rings is 1. The Hall–Kier alpha value is -4.06. The first-order valence-corrected chi connectivity index (χ1v) is 9.85. The molecule has 6 nitrogen and oxygen atoms in total. The van der Waals surface area contributed by atoms with Gasteiger partial charge in [0.25, 0.3) is 5.91 Å². The van der Waals surface area contributed by atoms with Crippen LogP contribution in [0.3, 0.4) is 0 Å². The van der Waals surface area contributed by atoms with Crippen molar-refractivity contribution in [3.05, 3.63) is 89.9 Å². The topological polar surface area (TPSA) is 77.0 Å². The molecular weight excluding hydrogens is 388 g/mol. The molecule has 0 saturated heterocycles. The molecule has 0 spiro atoms. The van der Waals surface area contributed by atoms with E-state index < -0.39 is 0 Å². The van der Waals surface area contributed by atoms with Crippen LogP contribution in [0.25, 0.3) is 22.6 Å². The van der Waals surface area contributed by atoms with Gasteiger partial charge in [-0.15, -0.1) is 0 Å². The number of methoxy groups -OCH3 is 1. The number of nitrogens with one attached hydrogen (secondary N) is 1. The second-order valence-corrected chi connectivity index (χ2v) is 7.22. The highest BCUT2D eigenvalue weighted by Gasteiger charge is 2.18. The molecule has 6 heteroatoms. The van der Waals surface area contributed by atoms with Crippen LogP contribution in [0.1, 0.15) is 21.5 Å². The summed E-state index contributed by atoms with van der Waals surface area (Å²) in [5, 5.41) is 2.94. The Balaban J connectivity index is 1.77. The molecule has 154 valence electrons. The molecule has 0 unspecified atom stereocenters. The Morgan fingerprint density at radius 1 is 0.903 bits per heavy atom. The fraction of sp³-hybridized carbons (Fsp3) is 0.120. The van der Waals surface area contributed by atoms with Gasteiger partial charge < -0.3 is 10.1 Å². The number of amides is 1. The summed E-state index contributed by atoms with van der Waals surface area (Å²) in [6, 6.07) is 17.2. The molecule has 4 aromatic rings. The Morgan fingerprint density at radius 2 is 1.61 bits per heavy atom. The quantitative estimate of drug-likeness (QED) is 0.496. The predicted octanol–water partition coefficient (Wildman–Crippen LogP) is 5.08. The van der Waals surface area contributed by atoms with Gasteiger partial charge >= 0.3 is 0 Å². The number of carbonyl (C=O) groups is 1. The van der Waals surface area contributed by atoms with Crippen molar-refractivity contribution in [1.29, 1.82) is 0 Å². The molecule has 1 N–H and O–H groups in total. The van der Waals surface area contributed by atoms with Gasteiger partial charge in [-0.05, 0) is 43.7 Å². The largest absolute Gasteiger partial charge is 0.495 e. The molecule has 2 heterocycles. The Labute approximate surface area is 181 Å². The van der Waals surface area contributed by atoms with Crippen LogP contribution in [-0.4, -0.2) is 28.0 Å². The number of ether oxygens (including phenoxy) is 1. The summed E-state index contributed by atoms with van der Waals surface area (Å²) in [6.07, 6.45) is 4.91. The highest BCUT2D eigenvalue weighted by molar-refractivity contribution is 6.08. The first-order valence-electron chi connectivity index (χ1n) is 9.85. The third-order valence-corrected chi connectivity index (χ3v) is 4.90. The van der Waals surface area contributed by atoms with Crippen LogP contribution < -0.4 is 10.1 Å². The fourth-order valence-corrected chi connectivity index (χ4v) is 3.23. The van der Waals surface area contributed by atoms with Crippen molar-refractivity contribution >= 4 is 11.6 Å². The number of rotatable bonds is 5. The maximum Gasteiger partial charge on any atom is 0.259 e. The molecule has 0 radical (unpaired) electrons. The molecule has 0 fully saturated rings. The van der Waals surface area contributed by atoms with E-state index in [1.165, 1.54) is 0 Å². The van der Waals surface area contributed by atoms with Gasteiger partial charge in [-0.25, -0.2) is 9.97 Å². The number of nitrogens with zero attached hydrogens (tertiary/aromatic N) is 3. The molecule has 2 aromatic carbocycles. The fourth-order valence-electron chi connectivity index (χ4n) is 3.23. The number of hydrogen-bond donors (Lipinski definition) is 1. The number of benzene rings is 2. The van der Waals surface area contributed by atoms with Gasteiger partial charge in [-0.2, -0.15) is 0 Å². The van der Waals surface area contributed by atoms with E-state index in [4.69, 9.17) is 9.72 Å². The number of aryl methyl sites for hydroxylation is 2. The van der Waals surface area contributed by atoms with Crippen LogP contribution >= 0.6 is 0 Å². The number of carbonyl (C=O) groups excluding carboxylic acids is 1. The first kappa shape index (κ1) is 20.2. The molecule has 0 atom stereocenters. The minimum atomic E-state index is -0.314. The average Bonchev–Trinajstić information content (AvgIpc) is 2.80. The maximum absolute atomic E-state index is 13.2. The van der Waals surface area contributed by atoms with Gasteiger partial charge in [-0.1, -0.05) is 35.9 Å². The van der Waals surface area contributed by atoms with E-state index >= 15 is 0 Å². The van der Waals surface area contributed by atoms with Crippen LogP contribution in [-0.2, 0) is 0 Å². The third-order valence-electron chi connectivity index (χ3n) is 4.90. The summed E-state index contributed by atoms with van der Waals surface area (Å²) in [5.41, 5.74) is 5.33. The van der Waals surface area contributed by atoms with Crippen molar-refractivity contribution in [2.45, 2.75) is 13.8 Å². The molecule has 0 aliphatic heterocycles. The van der Waals surface area contributed by atoms with E-state index in [1.807, 2.05) is 68.4 Å². The van der Waals surface area contributed by atoms with Gasteiger partial charge in [-0.3, -0.25) is 9.78 Å². The minimum absolute atomic E-state index is 0.314. The van der Waals surface area contributed by atoms with Crippen molar-refractivity contribution in [3.8, 4) is 28.4 Å². The monoisotopic (exact) mass is 410 g/mol. The second-order valence-electron chi connectivity index (χ2n) is 7.22. The minimum Gasteiger partial charge on any atom is -0.495 e. The van der Waals surface area contributed by atoms with E-state index in [-0.39, 0.29) is 5.91 Å². The van der Waals surface area contributed by atoms with Gasteiger partial charge in [0.15, 0.2) is 5.82 Å².